The molecular formula is C19H21NO3S. The van der Waals surface area contributed by atoms with Gasteiger partial charge in [-0.1, -0.05) is 48.5 Å². The molecule has 0 radical (unpaired) electrons. The summed E-state index contributed by atoms with van der Waals surface area (Å²) in [6.07, 6.45) is -0.161. The molecule has 2 rings (SSSR count). The first-order chi connectivity index (χ1) is 11.6. The zero-order valence-electron chi connectivity index (χ0n) is 13.8. The lowest BCUT2D eigenvalue weighted by Gasteiger charge is -2.17. The van der Waals surface area contributed by atoms with Crippen LogP contribution in [0.4, 0.5) is 5.69 Å². The van der Waals surface area contributed by atoms with Crippen LogP contribution in [0.5, 0.6) is 0 Å². The van der Waals surface area contributed by atoms with Crippen molar-refractivity contribution in [2.24, 2.45) is 0 Å². The zero-order valence-corrected chi connectivity index (χ0v) is 14.6. The van der Waals surface area contributed by atoms with Crippen molar-refractivity contribution < 1.29 is 14.3 Å². The third kappa shape index (κ3) is 5.74. The maximum absolute atomic E-state index is 12.7. The largest absolute Gasteiger partial charge is 0.462 e. The van der Waals surface area contributed by atoms with Crippen molar-refractivity contribution in [2.45, 2.75) is 25.2 Å². The summed E-state index contributed by atoms with van der Waals surface area (Å²) in [5.41, 5.74) is 1.59. The van der Waals surface area contributed by atoms with E-state index in [1.165, 1.54) is 11.8 Å². The van der Waals surface area contributed by atoms with E-state index in [0.717, 1.165) is 11.3 Å². The van der Waals surface area contributed by atoms with Crippen molar-refractivity contribution in [3.05, 3.63) is 66.2 Å². The van der Waals surface area contributed by atoms with Crippen molar-refractivity contribution in [1.82, 2.24) is 0 Å². The molecule has 24 heavy (non-hydrogen) atoms. The molecule has 0 bridgehead atoms. The minimum Gasteiger partial charge on any atom is -0.462 e. The molecular weight excluding hydrogens is 322 g/mol. The van der Waals surface area contributed by atoms with Crippen molar-refractivity contribution >= 4 is 29.3 Å². The molecule has 4 nitrogen and oxygen atoms in total. The van der Waals surface area contributed by atoms with Gasteiger partial charge in [0.05, 0.1) is 11.9 Å². The Hall–Kier alpha value is -2.27. The van der Waals surface area contributed by atoms with Gasteiger partial charge in [0.25, 0.3) is 0 Å². The molecule has 0 aliphatic rings. The van der Waals surface area contributed by atoms with Gasteiger partial charge >= 0.3 is 5.97 Å². The first-order valence-electron chi connectivity index (χ1n) is 7.78. The number of benzene rings is 2. The van der Waals surface area contributed by atoms with Crippen LogP contribution in [0.2, 0.25) is 0 Å². The number of ether oxygens (including phenoxy) is 1. The Kier molecular flexibility index (Phi) is 6.88. The Morgan fingerprint density at radius 3 is 2.17 bits per heavy atom. The van der Waals surface area contributed by atoms with Crippen LogP contribution in [0.25, 0.3) is 0 Å². The minimum atomic E-state index is -0.480. The monoisotopic (exact) mass is 343 g/mol. The molecule has 2 aromatic rings. The van der Waals surface area contributed by atoms with E-state index in [1.807, 2.05) is 60.7 Å². The summed E-state index contributed by atoms with van der Waals surface area (Å²) in [4.78, 5) is 24.5. The Morgan fingerprint density at radius 1 is 1.00 bits per heavy atom. The number of hydrogen-bond acceptors (Lipinski definition) is 4. The highest BCUT2D eigenvalue weighted by Gasteiger charge is 2.23. The van der Waals surface area contributed by atoms with E-state index in [4.69, 9.17) is 4.74 Å². The Labute approximate surface area is 146 Å². The molecule has 0 aliphatic carbocycles. The average molecular weight is 343 g/mol. The summed E-state index contributed by atoms with van der Waals surface area (Å²) in [6, 6.07) is 18.7. The molecule has 1 atom stereocenters. The van der Waals surface area contributed by atoms with Crippen LogP contribution < -0.4 is 5.32 Å². The quantitative estimate of drug-likeness (QED) is 0.771. The van der Waals surface area contributed by atoms with Crippen molar-refractivity contribution in [1.29, 1.82) is 0 Å². The molecule has 2 aromatic carbocycles. The fourth-order valence-electron chi connectivity index (χ4n) is 2.13. The van der Waals surface area contributed by atoms with Gasteiger partial charge in [-0.15, -0.1) is 11.8 Å². The van der Waals surface area contributed by atoms with E-state index >= 15 is 0 Å². The van der Waals surface area contributed by atoms with Gasteiger partial charge in [0.2, 0.25) is 5.91 Å². The molecule has 1 N–H and O–H groups in total. The van der Waals surface area contributed by atoms with Crippen LogP contribution in [0, 0.1) is 0 Å². The molecule has 0 aliphatic heterocycles. The lowest BCUT2D eigenvalue weighted by Crippen LogP contribution is -2.21. The average Bonchev–Trinajstić information content (AvgIpc) is 2.56. The van der Waals surface area contributed by atoms with Gasteiger partial charge in [0.1, 0.15) is 5.25 Å². The van der Waals surface area contributed by atoms with Gasteiger partial charge in [0, 0.05) is 5.69 Å². The van der Waals surface area contributed by atoms with Crippen LogP contribution in [-0.4, -0.2) is 23.7 Å². The van der Waals surface area contributed by atoms with Crippen molar-refractivity contribution in [3.8, 4) is 0 Å². The number of anilines is 1. The van der Waals surface area contributed by atoms with Crippen LogP contribution in [0.1, 0.15) is 24.7 Å². The third-order valence-electron chi connectivity index (χ3n) is 3.12. The zero-order chi connectivity index (χ0) is 17.4. The van der Waals surface area contributed by atoms with Crippen LogP contribution in [0.15, 0.2) is 60.7 Å². The fourth-order valence-corrected chi connectivity index (χ4v) is 3.06. The van der Waals surface area contributed by atoms with E-state index in [1.54, 1.807) is 13.8 Å². The van der Waals surface area contributed by atoms with Gasteiger partial charge in [0.15, 0.2) is 0 Å². The van der Waals surface area contributed by atoms with Gasteiger partial charge in [-0.2, -0.15) is 0 Å². The summed E-state index contributed by atoms with van der Waals surface area (Å²) in [5.74, 6) is -0.349. The maximum atomic E-state index is 12.7. The number of hydrogen-bond donors (Lipinski definition) is 1. The summed E-state index contributed by atoms with van der Waals surface area (Å²) in [5, 5.41) is 2.41. The highest BCUT2D eigenvalue weighted by molar-refractivity contribution is 8.00. The van der Waals surface area contributed by atoms with E-state index in [-0.39, 0.29) is 23.7 Å². The van der Waals surface area contributed by atoms with Gasteiger partial charge in [-0.25, -0.2) is 0 Å². The summed E-state index contributed by atoms with van der Waals surface area (Å²) in [7, 11) is 0. The number of para-hydroxylation sites is 1. The molecule has 0 aromatic heterocycles. The van der Waals surface area contributed by atoms with E-state index in [9.17, 15) is 9.59 Å². The van der Waals surface area contributed by atoms with Crippen LogP contribution >= 0.6 is 11.8 Å². The number of esters is 1. The Balaban J connectivity index is 2.08. The van der Waals surface area contributed by atoms with Gasteiger partial charge < -0.3 is 10.1 Å². The second kappa shape index (κ2) is 9.13. The van der Waals surface area contributed by atoms with Gasteiger partial charge in [-0.05, 0) is 31.5 Å². The maximum Gasteiger partial charge on any atom is 0.316 e. The molecule has 0 fully saturated rings. The van der Waals surface area contributed by atoms with E-state index < -0.39 is 5.25 Å². The Morgan fingerprint density at radius 2 is 1.58 bits per heavy atom. The molecule has 0 heterocycles. The van der Waals surface area contributed by atoms with E-state index in [0.29, 0.717) is 0 Å². The first kappa shape index (κ1) is 18.1. The smallest absolute Gasteiger partial charge is 0.316 e. The van der Waals surface area contributed by atoms with Crippen LogP contribution in [-0.2, 0) is 14.3 Å². The normalized spacial score (nSPS) is 11.8. The summed E-state index contributed by atoms with van der Waals surface area (Å²) >= 11 is 1.27. The first-order valence-corrected chi connectivity index (χ1v) is 8.83. The highest BCUT2D eigenvalue weighted by atomic mass is 32.2. The number of rotatable bonds is 7. The highest BCUT2D eigenvalue weighted by Crippen LogP contribution is 2.30. The number of carbonyl (C=O) groups is 2. The number of thioether (sulfide) groups is 1. The van der Waals surface area contributed by atoms with Gasteiger partial charge in [-0.3, -0.25) is 9.59 Å². The molecule has 0 saturated carbocycles. The van der Waals surface area contributed by atoms with Crippen LogP contribution in [0.3, 0.4) is 0 Å². The minimum absolute atomic E-state index is 0.125. The predicted molar refractivity (Wildman–Crippen MR) is 97.9 cm³/mol. The number of carbonyl (C=O) groups excluding carboxylic acids is 2. The summed E-state index contributed by atoms with van der Waals surface area (Å²) < 4.78 is 5.14. The second-order valence-corrected chi connectivity index (χ2v) is 6.59. The van der Waals surface area contributed by atoms with E-state index in [2.05, 4.69) is 5.32 Å². The predicted octanol–water partition coefficient (Wildman–Crippen LogP) is 4.05. The lowest BCUT2D eigenvalue weighted by molar-refractivity contribution is -0.144. The standard InChI is InChI=1S/C19H21NO3S/c1-14(2)23-17(21)13-24-18(15-9-5-3-6-10-15)19(22)20-16-11-7-4-8-12-16/h3-12,14,18H,13H2,1-2H3,(H,20,22). The molecule has 5 heteroatoms. The fraction of sp³-hybridized carbons (Fsp3) is 0.263. The second-order valence-electron chi connectivity index (χ2n) is 5.50. The van der Waals surface area contributed by atoms with Crippen molar-refractivity contribution in [3.63, 3.8) is 0 Å². The number of amides is 1. The summed E-state index contributed by atoms with van der Waals surface area (Å²) in [6.45, 7) is 3.61. The molecule has 0 spiro atoms. The Bertz CT molecular complexity index is 659. The number of nitrogens with one attached hydrogen (secondary N) is 1. The third-order valence-corrected chi connectivity index (χ3v) is 4.34. The topological polar surface area (TPSA) is 55.4 Å². The molecule has 126 valence electrons. The molecule has 0 saturated heterocycles. The molecule has 1 unspecified atom stereocenters. The van der Waals surface area contributed by atoms with Crippen molar-refractivity contribution in [2.75, 3.05) is 11.1 Å². The lowest BCUT2D eigenvalue weighted by atomic mass is 10.1. The molecule has 1 amide bonds. The SMILES string of the molecule is CC(C)OC(=O)CSC(C(=O)Nc1ccccc1)c1ccccc1.